The molecule has 0 unspecified atom stereocenters. The minimum atomic E-state index is -4.76. The van der Waals surface area contributed by atoms with Crippen LogP contribution in [-0.2, 0) is 19.0 Å². The van der Waals surface area contributed by atoms with Gasteiger partial charge >= 0.3 is 12.1 Å². The molecule has 4 saturated carbocycles. The van der Waals surface area contributed by atoms with E-state index in [2.05, 4.69) is 11.3 Å². The van der Waals surface area contributed by atoms with Gasteiger partial charge < -0.3 is 14.2 Å². The quantitative estimate of drug-likeness (QED) is 0.376. The molecule has 25 heavy (non-hydrogen) atoms. The van der Waals surface area contributed by atoms with Gasteiger partial charge in [-0.1, -0.05) is 6.58 Å². The van der Waals surface area contributed by atoms with E-state index in [4.69, 9.17) is 9.47 Å². The van der Waals surface area contributed by atoms with Crippen LogP contribution in [0.3, 0.4) is 0 Å². The number of ether oxygens (including phenoxy) is 3. The van der Waals surface area contributed by atoms with Crippen LogP contribution < -0.4 is 0 Å². The van der Waals surface area contributed by atoms with Crippen molar-refractivity contribution in [1.29, 1.82) is 0 Å². The van der Waals surface area contributed by atoms with Crippen LogP contribution in [-0.4, -0.2) is 44.2 Å². The molecule has 4 fully saturated rings. The largest absolute Gasteiger partial charge is 0.460 e. The molecule has 0 aliphatic heterocycles. The van der Waals surface area contributed by atoms with Crippen molar-refractivity contribution in [3.63, 3.8) is 0 Å². The minimum Gasteiger partial charge on any atom is -0.460 e. The number of hydrogen-bond acceptors (Lipinski definition) is 4. The Bertz CT molecular complexity index is 480. The maximum absolute atomic E-state index is 12.2. The van der Waals surface area contributed by atoms with E-state index in [1.165, 1.54) is 19.3 Å². The maximum Gasteiger partial charge on any atom is 0.422 e. The summed E-state index contributed by atoms with van der Waals surface area (Å²) in [6, 6.07) is 0. The molecule has 0 aromatic heterocycles. The predicted molar refractivity (Wildman–Crippen MR) is 83.8 cm³/mol. The second-order valence-corrected chi connectivity index (χ2v) is 7.67. The van der Waals surface area contributed by atoms with E-state index < -0.39 is 17.7 Å². The third-order valence-electron chi connectivity index (χ3n) is 5.67. The second kappa shape index (κ2) is 7.27. The lowest BCUT2D eigenvalue weighted by atomic mass is 9.54. The zero-order valence-electron chi connectivity index (χ0n) is 14.3. The van der Waals surface area contributed by atoms with Crippen molar-refractivity contribution in [1.82, 2.24) is 0 Å². The Morgan fingerprint density at radius 3 is 2.00 bits per heavy atom. The lowest BCUT2D eigenvalue weighted by molar-refractivity contribution is -0.169. The van der Waals surface area contributed by atoms with Crippen molar-refractivity contribution in [2.24, 2.45) is 17.8 Å². The van der Waals surface area contributed by atoms with Gasteiger partial charge in [-0.25, -0.2) is 4.79 Å². The topological polar surface area (TPSA) is 44.8 Å². The fraction of sp³-hybridized carbons (Fsp3) is 0.833. The summed E-state index contributed by atoms with van der Waals surface area (Å²) in [5.41, 5.74) is -1.48. The van der Waals surface area contributed by atoms with Gasteiger partial charge in [-0.2, -0.15) is 13.2 Å². The van der Waals surface area contributed by atoms with Crippen LogP contribution in [0, 0.1) is 17.8 Å². The number of esters is 1. The summed E-state index contributed by atoms with van der Waals surface area (Å²) in [6.07, 6.45) is 2.75. The number of carbonyl (C=O) groups excluding carboxylic acids is 1. The van der Waals surface area contributed by atoms with E-state index >= 15 is 0 Å². The molecule has 4 nitrogen and oxygen atoms in total. The molecule has 0 amide bonds. The number of carbonyl (C=O) groups is 1. The molecule has 0 heterocycles. The highest BCUT2D eigenvalue weighted by molar-refractivity contribution is 5.89. The fourth-order valence-corrected chi connectivity index (χ4v) is 5.02. The van der Waals surface area contributed by atoms with E-state index in [9.17, 15) is 18.0 Å². The maximum atomic E-state index is 12.2. The molecular weight excluding hydrogens is 337 g/mol. The van der Waals surface area contributed by atoms with Gasteiger partial charge in [0.05, 0.1) is 25.4 Å². The highest BCUT2D eigenvalue weighted by Gasteiger charge is 2.51. The van der Waals surface area contributed by atoms with Crippen LogP contribution in [0.25, 0.3) is 0 Å². The first kappa shape index (κ1) is 18.7. The average Bonchev–Trinajstić information content (AvgIpc) is 2.50. The molecule has 0 radical (unpaired) electrons. The molecule has 0 aromatic rings. The van der Waals surface area contributed by atoms with Crippen molar-refractivity contribution in [2.45, 2.75) is 50.3 Å². The molecule has 4 aliphatic rings. The second-order valence-electron chi connectivity index (χ2n) is 7.67. The van der Waals surface area contributed by atoms with Gasteiger partial charge in [0.2, 0.25) is 0 Å². The highest BCUT2D eigenvalue weighted by Crippen LogP contribution is 2.57. The molecule has 142 valence electrons. The normalized spacial score (nSPS) is 33.5. The predicted octanol–water partition coefficient (Wildman–Crippen LogP) is 3.65. The lowest BCUT2D eigenvalue weighted by Gasteiger charge is -2.56. The number of rotatable bonds is 8. The van der Waals surface area contributed by atoms with Gasteiger partial charge in [0.25, 0.3) is 0 Å². The fourth-order valence-electron chi connectivity index (χ4n) is 5.02. The monoisotopic (exact) mass is 362 g/mol. The van der Waals surface area contributed by atoms with Gasteiger partial charge in [0.1, 0.15) is 12.2 Å². The third kappa shape index (κ3) is 4.56. The summed E-state index contributed by atoms with van der Waals surface area (Å²) in [5.74, 6) is 0.982. The smallest absolute Gasteiger partial charge is 0.422 e. The van der Waals surface area contributed by atoms with E-state index in [-0.39, 0.29) is 18.8 Å². The first-order chi connectivity index (χ1) is 11.8. The molecular formula is C18H25F3O4. The van der Waals surface area contributed by atoms with Gasteiger partial charge in [-0.15, -0.1) is 0 Å². The van der Waals surface area contributed by atoms with Crippen LogP contribution in [0.4, 0.5) is 13.2 Å². The summed E-state index contributed by atoms with van der Waals surface area (Å²) < 4.78 is 52.7. The van der Waals surface area contributed by atoms with Crippen molar-refractivity contribution in [3.8, 4) is 0 Å². The SMILES string of the molecule is C=C(C(=O)OCCOCCOC12CC3CC(CC(C3)C1)C2)C(F)(F)F. The average molecular weight is 362 g/mol. The molecule has 0 saturated heterocycles. The zero-order chi connectivity index (χ0) is 18.1. The van der Waals surface area contributed by atoms with Crippen LogP contribution in [0.15, 0.2) is 12.2 Å². The lowest BCUT2D eigenvalue weighted by Crippen LogP contribution is -2.52. The van der Waals surface area contributed by atoms with Crippen LogP contribution in [0.2, 0.25) is 0 Å². The van der Waals surface area contributed by atoms with E-state index in [0.29, 0.717) is 13.2 Å². The van der Waals surface area contributed by atoms with Gasteiger partial charge in [0, 0.05) is 0 Å². The highest BCUT2D eigenvalue weighted by atomic mass is 19.4. The van der Waals surface area contributed by atoms with Gasteiger partial charge in [-0.3, -0.25) is 0 Å². The Morgan fingerprint density at radius 1 is 0.960 bits per heavy atom. The van der Waals surface area contributed by atoms with Crippen LogP contribution >= 0.6 is 0 Å². The van der Waals surface area contributed by atoms with E-state index in [1.54, 1.807) is 0 Å². The molecule has 0 spiro atoms. The van der Waals surface area contributed by atoms with Gasteiger partial charge in [-0.05, 0) is 56.3 Å². The summed E-state index contributed by atoms with van der Waals surface area (Å²) in [4.78, 5) is 11.1. The molecule has 4 bridgehead atoms. The molecule has 0 aromatic carbocycles. The van der Waals surface area contributed by atoms with E-state index in [1.807, 2.05) is 0 Å². The van der Waals surface area contributed by atoms with E-state index in [0.717, 1.165) is 37.0 Å². The first-order valence-corrected chi connectivity index (χ1v) is 8.92. The van der Waals surface area contributed by atoms with Crippen LogP contribution in [0.1, 0.15) is 38.5 Å². The third-order valence-corrected chi connectivity index (χ3v) is 5.67. The van der Waals surface area contributed by atoms with Gasteiger partial charge in [0.15, 0.2) is 0 Å². The van der Waals surface area contributed by atoms with Crippen molar-refractivity contribution >= 4 is 5.97 Å². The Kier molecular flexibility index (Phi) is 5.44. The molecule has 0 N–H and O–H groups in total. The molecule has 4 rings (SSSR count). The Balaban J connectivity index is 1.27. The molecule has 4 aliphatic carbocycles. The van der Waals surface area contributed by atoms with Crippen molar-refractivity contribution < 1.29 is 32.2 Å². The summed E-state index contributed by atoms with van der Waals surface area (Å²) in [5, 5.41) is 0. The number of alkyl halides is 3. The Morgan fingerprint density at radius 2 is 1.48 bits per heavy atom. The summed E-state index contributed by atoms with van der Waals surface area (Å²) >= 11 is 0. The standard InChI is InChI=1S/C18H25F3O4/c1-12(18(19,20)21)16(22)24-4-2-23-3-5-25-17-9-13-6-14(10-17)8-15(7-13)11-17/h13-15H,1-11H2. The first-order valence-electron chi connectivity index (χ1n) is 8.92. The molecule has 0 atom stereocenters. The van der Waals surface area contributed by atoms with Crippen molar-refractivity contribution in [2.75, 3.05) is 26.4 Å². The number of halogens is 3. The van der Waals surface area contributed by atoms with Crippen LogP contribution in [0.5, 0.6) is 0 Å². The molecule has 7 heteroatoms. The Labute approximate surface area is 145 Å². The summed E-state index contributed by atoms with van der Waals surface area (Å²) in [7, 11) is 0. The number of hydrogen-bond donors (Lipinski definition) is 0. The summed E-state index contributed by atoms with van der Waals surface area (Å²) in [6.45, 7) is 3.31. The zero-order valence-corrected chi connectivity index (χ0v) is 14.3. The van der Waals surface area contributed by atoms with Crippen molar-refractivity contribution in [3.05, 3.63) is 12.2 Å². The Hall–Kier alpha value is -1.08. The minimum absolute atomic E-state index is 0.0228.